The highest BCUT2D eigenvalue weighted by Gasteiger charge is 2.26. The van der Waals surface area contributed by atoms with Gasteiger partial charge in [-0.25, -0.2) is 9.59 Å². The Morgan fingerprint density at radius 3 is 2.54 bits per heavy atom. The van der Waals surface area contributed by atoms with Crippen LogP contribution in [0.15, 0.2) is 0 Å². The van der Waals surface area contributed by atoms with E-state index < -0.39 is 11.9 Å². The summed E-state index contributed by atoms with van der Waals surface area (Å²) in [6.45, 7) is 5.72. The monoisotopic (exact) mass is 336 g/mol. The molecular weight excluding hydrogens is 312 g/mol. The van der Waals surface area contributed by atoms with Gasteiger partial charge in [0.25, 0.3) is 5.91 Å². The number of esters is 2. The van der Waals surface area contributed by atoms with Crippen LogP contribution in [-0.4, -0.2) is 54.0 Å². The van der Waals surface area contributed by atoms with Crippen molar-refractivity contribution in [3.8, 4) is 0 Å². The van der Waals surface area contributed by atoms with Gasteiger partial charge in [0.05, 0.1) is 12.7 Å². The van der Waals surface area contributed by atoms with Gasteiger partial charge in [0.2, 0.25) is 0 Å². The van der Waals surface area contributed by atoms with Gasteiger partial charge in [-0.1, -0.05) is 0 Å². The summed E-state index contributed by atoms with van der Waals surface area (Å²) >= 11 is 0. The second-order valence-corrected chi connectivity index (χ2v) is 6.12. The van der Waals surface area contributed by atoms with E-state index in [4.69, 9.17) is 9.47 Å². The van der Waals surface area contributed by atoms with Crippen molar-refractivity contribution in [1.82, 2.24) is 9.88 Å². The molecule has 24 heavy (non-hydrogen) atoms. The lowest BCUT2D eigenvalue weighted by Crippen LogP contribution is -2.44. The van der Waals surface area contributed by atoms with Gasteiger partial charge >= 0.3 is 11.9 Å². The highest BCUT2D eigenvalue weighted by Crippen LogP contribution is 2.20. The number of carbonyl (C=O) groups excluding carboxylic acids is 3. The molecule has 0 radical (unpaired) electrons. The summed E-state index contributed by atoms with van der Waals surface area (Å²) in [6, 6.07) is 0.172. The lowest BCUT2D eigenvalue weighted by atomic mass is 10.0. The predicted molar refractivity (Wildman–Crippen MR) is 86.9 cm³/mol. The second-order valence-electron chi connectivity index (χ2n) is 6.12. The van der Waals surface area contributed by atoms with Crippen molar-refractivity contribution in [2.75, 3.05) is 20.3 Å². The van der Waals surface area contributed by atoms with E-state index in [1.165, 1.54) is 7.11 Å². The molecule has 0 spiro atoms. The maximum Gasteiger partial charge on any atom is 0.355 e. The average Bonchev–Trinajstić information content (AvgIpc) is 2.86. The Kier molecular flexibility index (Phi) is 5.64. The minimum atomic E-state index is -0.649. The zero-order chi connectivity index (χ0) is 17.9. The van der Waals surface area contributed by atoms with E-state index in [1.807, 2.05) is 6.92 Å². The van der Waals surface area contributed by atoms with E-state index in [0.717, 1.165) is 19.3 Å². The molecule has 0 bridgehead atoms. The molecule has 1 amide bonds. The Labute approximate surface area is 141 Å². The van der Waals surface area contributed by atoms with Gasteiger partial charge < -0.3 is 19.4 Å². The van der Waals surface area contributed by atoms with E-state index in [0.29, 0.717) is 23.4 Å². The quantitative estimate of drug-likeness (QED) is 0.849. The van der Waals surface area contributed by atoms with Crippen molar-refractivity contribution >= 4 is 17.8 Å². The number of likely N-dealkylation sites (tertiary alicyclic amines) is 1. The maximum atomic E-state index is 12.2. The van der Waals surface area contributed by atoms with Crippen LogP contribution in [0.3, 0.4) is 0 Å². The number of nitrogens with zero attached hydrogens (tertiary/aromatic N) is 1. The summed E-state index contributed by atoms with van der Waals surface area (Å²) in [5, 5.41) is 0. The Balaban J connectivity index is 2.03. The smallest absolute Gasteiger partial charge is 0.355 e. The molecule has 0 saturated carbocycles. The first-order valence-corrected chi connectivity index (χ1v) is 8.10. The number of hydrogen-bond donors (Lipinski definition) is 1. The molecule has 1 aromatic heterocycles. The summed E-state index contributed by atoms with van der Waals surface area (Å²) in [7, 11) is 1.28. The van der Waals surface area contributed by atoms with Gasteiger partial charge in [0.1, 0.15) is 5.69 Å². The van der Waals surface area contributed by atoms with Crippen molar-refractivity contribution in [1.29, 1.82) is 0 Å². The third-order valence-electron chi connectivity index (χ3n) is 4.48. The fourth-order valence-electron chi connectivity index (χ4n) is 3.11. The van der Waals surface area contributed by atoms with E-state index in [9.17, 15) is 14.4 Å². The van der Waals surface area contributed by atoms with Crippen LogP contribution in [0.2, 0.25) is 0 Å². The Bertz CT molecular complexity index is 650. The lowest BCUT2D eigenvalue weighted by Gasteiger charge is -2.33. The van der Waals surface area contributed by atoms with E-state index in [-0.39, 0.29) is 24.2 Å². The predicted octanol–water partition coefficient (Wildman–Crippen LogP) is 1.98. The standard InChI is InChI=1S/C17H24N2O5/c1-10-7-5-6-8-19(10)13(20)9-24-17(22)15-11(2)14(12(3)18-15)16(21)23-4/h10,18H,5-9H2,1-4H3. The Morgan fingerprint density at radius 2 is 1.92 bits per heavy atom. The van der Waals surface area contributed by atoms with Crippen LogP contribution >= 0.6 is 0 Å². The highest BCUT2D eigenvalue weighted by atomic mass is 16.5. The van der Waals surface area contributed by atoms with Gasteiger partial charge in [0, 0.05) is 18.3 Å². The van der Waals surface area contributed by atoms with E-state index in [1.54, 1.807) is 18.7 Å². The number of carbonyl (C=O) groups is 3. The average molecular weight is 336 g/mol. The first-order valence-electron chi connectivity index (χ1n) is 8.10. The van der Waals surface area contributed by atoms with Gasteiger partial charge in [-0.05, 0) is 45.6 Å². The lowest BCUT2D eigenvalue weighted by molar-refractivity contribution is -0.137. The Morgan fingerprint density at radius 1 is 1.21 bits per heavy atom. The fraction of sp³-hybridized carbons (Fsp3) is 0.588. The molecule has 0 aliphatic carbocycles. The van der Waals surface area contributed by atoms with Gasteiger partial charge in [-0.15, -0.1) is 0 Å². The van der Waals surface area contributed by atoms with Crippen molar-refractivity contribution in [2.45, 2.75) is 46.1 Å². The SMILES string of the molecule is COC(=O)c1c(C)[nH]c(C(=O)OCC(=O)N2CCCCC2C)c1C. The fourth-order valence-corrected chi connectivity index (χ4v) is 3.11. The van der Waals surface area contributed by atoms with Crippen molar-refractivity contribution in [3.63, 3.8) is 0 Å². The Hall–Kier alpha value is -2.31. The number of ether oxygens (including phenoxy) is 2. The van der Waals surface area contributed by atoms with E-state index >= 15 is 0 Å². The molecule has 132 valence electrons. The van der Waals surface area contributed by atoms with Crippen molar-refractivity contribution in [3.05, 3.63) is 22.5 Å². The summed E-state index contributed by atoms with van der Waals surface area (Å²) in [5.41, 5.74) is 1.48. The molecule has 1 fully saturated rings. The number of H-pyrrole nitrogens is 1. The maximum absolute atomic E-state index is 12.2. The number of piperidine rings is 1. The van der Waals surface area contributed by atoms with Crippen LogP contribution in [0.4, 0.5) is 0 Å². The summed E-state index contributed by atoms with van der Waals surface area (Å²) in [5.74, 6) is -1.35. The number of nitrogens with one attached hydrogen (secondary N) is 1. The molecule has 1 saturated heterocycles. The zero-order valence-electron chi connectivity index (χ0n) is 14.6. The molecule has 1 N–H and O–H groups in total. The van der Waals surface area contributed by atoms with Crippen LogP contribution in [-0.2, 0) is 14.3 Å². The van der Waals surface area contributed by atoms with Crippen LogP contribution in [0, 0.1) is 13.8 Å². The number of aromatic nitrogens is 1. The first kappa shape index (κ1) is 18.0. The molecule has 0 aromatic carbocycles. The molecule has 1 aliphatic heterocycles. The third-order valence-corrected chi connectivity index (χ3v) is 4.48. The number of amides is 1. The van der Waals surface area contributed by atoms with Gasteiger partial charge in [-0.3, -0.25) is 4.79 Å². The molecule has 7 heteroatoms. The van der Waals surface area contributed by atoms with Crippen molar-refractivity contribution < 1.29 is 23.9 Å². The minimum Gasteiger partial charge on any atom is -0.465 e. The number of hydrogen-bond acceptors (Lipinski definition) is 5. The highest BCUT2D eigenvalue weighted by molar-refractivity contribution is 5.99. The summed E-state index contributed by atoms with van der Waals surface area (Å²) in [4.78, 5) is 40.8. The van der Waals surface area contributed by atoms with Crippen LogP contribution < -0.4 is 0 Å². The van der Waals surface area contributed by atoms with E-state index in [2.05, 4.69) is 4.98 Å². The third kappa shape index (κ3) is 3.60. The topological polar surface area (TPSA) is 88.7 Å². The first-order chi connectivity index (χ1) is 11.4. The molecule has 1 aromatic rings. The van der Waals surface area contributed by atoms with Crippen LogP contribution in [0.1, 0.15) is 58.3 Å². The van der Waals surface area contributed by atoms with Crippen LogP contribution in [0.5, 0.6) is 0 Å². The molecule has 1 atom stereocenters. The molecule has 1 aliphatic rings. The zero-order valence-corrected chi connectivity index (χ0v) is 14.6. The normalized spacial score (nSPS) is 17.5. The molecule has 2 heterocycles. The second kappa shape index (κ2) is 7.51. The largest absolute Gasteiger partial charge is 0.465 e. The van der Waals surface area contributed by atoms with Gasteiger partial charge in [-0.2, -0.15) is 0 Å². The van der Waals surface area contributed by atoms with Crippen molar-refractivity contribution in [2.24, 2.45) is 0 Å². The summed E-state index contributed by atoms with van der Waals surface area (Å²) < 4.78 is 9.85. The van der Waals surface area contributed by atoms with Gasteiger partial charge in [0.15, 0.2) is 6.61 Å². The molecule has 7 nitrogen and oxygen atoms in total. The molecule has 2 rings (SSSR count). The number of aromatic amines is 1. The number of aryl methyl sites for hydroxylation is 1. The number of rotatable bonds is 4. The summed E-state index contributed by atoms with van der Waals surface area (Å²) in [6.07, 6.45) is 3.06. The molecule has 1 unspecified atom stereocenters. The minimum absolute atomic E-state index is 0.172. The molecular formula is C17H24N2O5. The van der Waals surface area contributed by atoms with Crippen LogP contribution in [0.25, 0.3) is 0 Å². The number of methoxy groups -OCH3 is 1.